The molecule has 1 heterocycles. The highest BCUT2D eigenvalue weighted by Crippen LogP contribution is 2.49. The summed E-state index contributed by atoms with van der Waals surface area (Å²) in [6.07, 6.45) is 2.87. The molecular formula is C10H16N2O. The summed E-state index contributed by atoms with van der Waals surface area (Å²) in [5.41, 5.74) is -0.428. The molecule has 0 amide bonds. The average molecular weight is 180 g/mol. The molecular weight excluding hydrogens is 164 g/mol. The normalized spacial score (nSPS) is 40.5. The predicted molar refractivity (Wildman–Crippen MR) is 48.9 cm³/mol. The summed E-state index contributed by atoms with van der Waals surface area (Å²) in [6, 6.07) is 2.30. The molecule has 0 spiro atoms. The fourth-order valence-electron chi connectivity index (χ4n) is 2.38. The maximum Gasteiger partial charge on any atom is 0.0976 e. The van der Waals surface area contributed by atoms with Crippen molar-refractivity contribution >= 4 is 0 Å². The number of β-amino-alcohol motifs (C(OH)–C–C–N with tert-alkyl or cyclic N) is 1. The fraction of sp³-hybridized carbons (Fsp3) is 0.900. The molecule has 1 unspecified atom stereocenters. The molecule has 0 aromatic rings. The number of aliphatic hydroxyl groups is 1. The molecule has 72 valence electrons. The molecule has 1 aliphatic carbocycles. The molecule has 0 aromatic heterocycles. The van der Waals surface area contributed by atoms with Gasteiger partial charge in [0.2, 0.25) is 0 Å². The summed E-state index contributed by atoms with van der Waals surface area (Å²) in [4.78, 5) is 2.13. The molecule has 3 heteroatoms. The first kappa shape index (κ1) is 8.98. The van der Waals surface area contributed by atoms with Crippen molar-refractivity contribution in [2.45, 2.75) is 37.8 Å². The van der Waals surface area contributed by atoms with Gasteiger partial charge < -0.3 is 5.11 Å². The second-order valence-corrected chi connectivity index (χ2v) is 4.32. The van der Waals surface area contributed by atoms with Gasteiger partial charge in [-0.1, -0.05) is 6.92 Å². The first-order valence-electron chi connectivity index (χ1n) is 5.05. The van der Waals surface area contributed by atoms with Crippen LogP contribution < -0.4 is 0 Å². The van der Waals surface area contributed by atoms with Crippen LogP contribution in [0.1, 0.15) is 26.2 Å². The summed E-state index contributed by atoms with van der Waals surface area (Å²) >= 11 is 0. The Morgan fingerprint density at radius 3 is 3.08 bits per heavy atom. The standard InChI is InChI=1S/C10H16N2O/c1-2-9(6-11)12-4-3-8-5-10(8,13)7-12/h8-9,13H,2-5,7H2,1H3/t8-,9?,10+/m1/s1. The van der Waals surface area contributed by atoms with Crippen molar-refractivity contribution in [3.63, 3.8) is 0 Å². The minimum absolute atomic E-state index is 0.00516. The highest BCUT2D eigenvalue weighted by molar-refractivity contribution is 5.10. The lowest BCUT2D eigenvalue weighted by atomic mass is 10.1. The Balaban J connectivity index is 1.98. The van der Waals surface area contributed by atoms with E-state index in [1.54, 1.807) is 0 Å². The Labute approximate surface area is 79.0 Å². The van der Waals surface area contributed by atoms with E-state index in [2.05, 4.69) is 11.0 Å². The lowest BCUT2D eigenvalue weighted by molar-refractivity contribution is 0.0389. The second-order valence-electron chi connectivity index (χ2n) is 4.32. The second kappa shape index (κ2) is 2.97. The van der Waals surface area contributed by atoms with Crippen LogP contribution >= 0.6 is 0 Å². The van der Waals surface area contributed by atoms with Crippen LogP contribution in [-0.4, -0.2) is 34.7 Å². The molecule has 0 radical (unpaired) electrons. The number of nitriles is 1. The van der Waals surface area contributed by atoms with Gasteiger partial charge in [-0.25, -0.2) is 0 Å². The van der Waals surface area contributed by atoms with E-state index in [4.69, 9.17) is 5.26 Å². The van der Waals surface area contributed by atoms with Crippen LogP contribution in [0.2, 0.25) is 0 Å². The first-order chi connectivity index (χ1) is 6.19. The zero-order chi connectivity index (χ0) is 9.47. The smallest absolute Gasteiger partial charge is 0.0976 e. The Morgan fingerprint density at radius 1 is 1.77 bits per heavy atom. The summed E-state index contributed by atoms with van der Waals surface area (Å²) in [5, 5.41) is 18.8. The summed E-state index contributed by atoms with van der Waals surface area (Å²) < 4.78 is 0. The largest absolute Gasteiger partial charge is 0.388 e. The van der Waals surface area contributed by atoms with E-state index in [0.717, 1.165) is 25.8 Å². The van der Waals surface area contributed by atoms with Crippen LogP contribution in [0.3, 0.4) is 0 Å². The zero-order valence-corrected chi connectivity index (χ0v) is 8.03. The average Bonchev–Trinajstić information content (AvgIpc) is 2.78. The SMILES string of the molecule is CCC(C#N)N1CC[C@@H]2C[C@]2(O)C1. The Kier molecular flexibility index (Phi) is 2.05. The maximum atomic E-state index is 9.91. The Morgan fingerprint density at radius 2 is 2.54 bits per heavy atom. The number of piperidine rings is 1. The van der Waals surface area contributed by atoms with E-state index >= 15 is 0 Å². The number of nitrogens with zero attached hydrogens (tertiary/aromatic N) is 2. The van der Waals surface area contributed by atoms with Crippen molar-refractivity contribution < 1.29 is 5.11 Å². The number of likely N-dealkylation sites (tertiary alicyclic amines) is 1. The van der Waals surface area contributed by atoms with E-state index in [-0.39, 0.29) is 6.04 Å². The fourth-order valence-corrected chi connectivity index (χ4v) is 2.38. The van der Waals surface area contributed by atoms with Crippen molar-refractivity contribution in [2.24, 2.45) is 5.92 Å². The molecule has 2 rings (SSSR count). The van der Waals surface area contributed by atoms with Crippen molar-refractivity contribution in [3.8, 4) is 6.07 Å². The van der Waals surface area contributed by atoms with Crippen LogP contribution in [0, 0.1) is 17.2 Å². The predicted octanol–water partition coefficient (Wildman–Crippen LogP) is 0.745. The number of fused-ring (bicyclic) bond motifs is 1. The highest BCUT2D eigenvalue weighted by Gasteiger charge is 2.56. The number of rotatable bonds is 2. The maximum absolute atomic E-state index is 9.91. The third-order valence-corrected chi connectivity index (χ3v) is 3.42. The van der Waals surface area contributed by atoms with Crippen LogP contribution in [0.5, 0.6) is 0 Å². The monoisotopic (exact) mass is 180 g/mol. The van der Waals surface area contributed by atoms with Gasteiger partial charge in [0.25, 0.3) is 0 Å². The number of hydrogen-bond acceptors (Lipinski definition) is 3. The molecule has 0 aromatic carbocycles. The molecule has 3 nitrogen and oxygen atoms in total. The number of hydrogen-bond donors (Lipinski definition) is 1. The van der Waals surface area contributed by atoms with Gasteiger partial charge in [-0.3, -0.25) is 4.90 Å². The van der Waals surface area contributed by atoms with Crippen LogP contribution in [-0.2, 0) is 0 Å². The lowest BCUT2D eigenvalue weighted by Gasteiger charge is -2.32. The van der Waals surface area contributed by atoms with Gasteiger partial charge in [0.1, 0.15) is 0 Å². The Hall–Kier alpha value is -0.590. The lowest BCUT2D eigenvalue weighted by Crippen LogP contribution is -2.45. The molecule has 1 saturated heterocycles. The summed E-state index contributed by atoms with van der Waals surface area (Å²) in [5.74, 6) is 0.528. The van der Waals surface area contributed by atoms with E-state index in [9.17, 15) is 5.11 Å². The molecule has 3 atom stereocenters. The molecule has 0 bridgehead atoms. The molecule has 1 aliphatic heterocycles. The molecule has 2 fully saturated rings. The van der Waals surface area contributed by atoms with Crippen molar-refractivity contribution in [2.75, 3.05) is 13.1 Å². The summed E-state index contributed by atoms with van der Waals surface area (Å²) in [6.45, 7) is 3.72. The zero-order valence-electron chi connectivity index (χ0n) is 8.03. The van der Waals surface area contributed by atoms with Crippen LogP contribution in [0.15, 0.2) is 0 Å². The third-order valence-electron chi connectivity index (χ3n) is 3.42. The Bertz CT molecular complexity index is 248. The van der Waals surface area contributed by atoms with Gasteiger partial charge in [0.15, 0.2) is 0 Å². The van der Waals surface area contributed by atoms with Crippen LogP contribution in [0.4, 0.5) is 0 Å². The van der Waals surface area contributed by atoms with Gasteiger partial charge >= 0.3 is 0 Å². The van der Waals surface area contributed by atoms with Crippen molar-refractivity contribution in [1.29, 1.82) is 5.26 Å². The molecule has 13 heavy (non-hydrogen) atoms. The van der Waals surface area contributed by atoms with E-state index < -0.39 is 5.60 Å². The van der Waals surface area contributed by atoms with E-state index in [1.165, 1.54) is 0 Å². The first-order valence-corrected chi connectivity index (χ1v) is 5.05. The van der Waals surface area contributed by atoms with E-state index in [1.807, 2.05) is 6.92 Å². The van der Waals surface area contributed by atoms with Gasteiger partial charge in [-0.05, 0) is 31.7 Å². The third kappa shape index (κ3) is 1.45. The topological polar surface area (TPSA) is 47.3 Å². The molecule has 1 N–H and O–H groups in total. The molecule has 2 aliphatic rings. The van der Waals surface area contributed by atoms with E-state index in [0.29, 0.717) is 12.5 Å². The van der Waals surface area contributed by atoms with Gasteiger partial charge in [-0.15, -0.1) is 0 Å². The minimum Gasteiger partial charge on any atom is -0.388 e. The van der Waals surface area contributed by atoms with Crippen LogP contribution in [0.25, 0.3) is 0 Å². The van der Waals surface area contributed by atoms with Gasteiger partial charge in [0, 0.05) is 6.54 Å². The van der Waals surface area contributed by atoms with Gasteiger partial charge in [0.05, 0.1) is 17.7 Å². The van der Waals surface area contributed by atoms with Crippen molar-refractivity contribution in [3.05, 3.63) is 0 Å². The van der Waals surface area contributed by atoms with Crippen molar-refractivity contribution in [1.82, 2.24) is 4.90 Å². The summed E-state index contributed by atoms with van der Waals surface area (Å²) in [7, 11) is 0. The quantitative estimate of drug-likeness (QED) is 0.682. The minimum atomic E-state index is -0.428. The van der Waals surface area contributed by atoms with Gasteiger partial charge in [-0.2, -0.15) is 5.26 Å². The highest BCUT2D eigenvalue weighted by atomic mass is 16.3. The molecule has 1 saturated carbocycles.